The van der Waals surface area contributed by atoms with Gasteiger partial charge in [-0.1, -0.05) is 0 Å². The Hall–Kier alpha value is -2.63. The van der Waals surface area contributed by atoms with Gasteiger partial charge in [0.1, 0.15) is 5.82 Å². The lowest BCUT2D eigenvalue weighted by Gasteiger charge is -2.12. The second-order valence-corrected chi connectivity index (χ2v) is 4.31. The van der Waals surface area contributed by atoms with Crippen molar-refractivity contribution >= 4 is 17.5 Å². The van der Waals surface area contributed by atoms with Gasteiger partial charge in [-0.05, 0) is 24.3 Å². The average molecular weight is 272 g/mol. The van der Waals surface area contributed by atoms with E-state index in [4.69, 9.17) is 4.74 Å². The predicted octanol–water partition coefficient (Wildman–Crippen LogP) is 1.80. The van der Waals surface area contributed by atoms with Crippen molar-refractivity contribution in [3.05, 3.63) is 42.2 Å². The lowest BCUT2D eigenvalue weighted by molar-refractivity contribution is 0.102. The molecule has 0 bridgehead atoms. The highest BCUT2D eigenvalue weighted by molar-refractivity contribution is 6.04. The van der Waals surface area contributed by atoms with Crippen LogP contribution in [0, 0.1) is 0 Å². The Morgan fingerprint density at radius 1 is 1.25 bits per heavy atom. The van der Waals surface area contributed by atoms with Crippen molar-refractivity contribution in [1.82, 2.24) is 9.97 Å². The number of ether oxygens (including phenoxy) is 1. The molecule has 6 nitrogen and oxygen atoms in total. The second kappa shape index (κ2) is 6.01. The van der Waals surface area contributed by atoms with Crippen LogP contribution in [-0.2, 0) is 0 Å². The number of nitrogens with zero attached hydrogens (tertiary/aromatic N) is 3. The molecule has 0 unspecified atom stereocenters. The molecular formula is C14H16N4O2. The largest absolute Gasteiger partial charge is 0.493 e. The van der Waals surface area contributed by atoms with E-state index in [2.05, 4.69) is 15.3 Å². The summed E-state index contributed by atoms with van der Waals surface area (Å²) in [6.07, 6.45) is 3.19. The van der Waals surface area contributed by atoms with E-state index in [-0.39, 0.29) is 5.91 Å². The average Bonchev–Trinajstić information content (AvgIpc) is 2.48. The van der Waals surface area contributed by atoms with E-state index in [0.717, 1.165) is 0 Å². The number of carbonyl (C=O) groups is 1. The van der Waals surface area contributed by atoms with E-state index in [1.54, 1.807) is 36.7 Å². The molecule has 0 aromatic carbocycles. The molecule has 1 N–H and O–H groups in total. The van der Waals surface area contributed by atoms with Gasteiger partial charge in [0.15, 0.2) is 11.6 Å². The Morgan fingerprint density at radius 3 is 2.75 bits per heavy atom. The molecule has 0 radical (unpaired) electrons. The minimum Gasteiger partial charge on any atom is -0.493 e. The zero-order valence-corrected chi connectivity index (χ0v) is 11.6. The standard InChI is InChI=1S/C14H16N4O2/c1-18(2)12-9-10(6-8-15-12)14(19)17-13-11(20-3)5-4-7-16-13/h4-9H,1-3H3,(H,16,17,19). The second-order valence-electron chi connectivity index (χ2n) is 4.31. The quantitative estimate of drug-likeness (QED) is 0.919. The Morgan fingerprint density at radius 2 is 2.05 bits per heavy atom. The molecule has 2 aromatic rings. The number of carbonyl (C=O) groups excluding carboxylic acids is 1. The first kappa shape index (κ1) is 13.8. The van der Waals surface area contributed by atoms with E-state index in [0.29, 0.717) is 22.9 Å². The minimum atomic E-state index is -0.257. The summed E-state index contributed by atoms with van der Waals surface area (Å²) in [5.74, 6) is 1.36. The molecule has 0 aliphatic heterocycles. The van der Waals surface area contributed by atoms with Crippen molar-refractivity contribution in [3.63, 3.8) is 0 Å². The van der Waals surface area contributed by atoms with Crippen LogP contribution in [0.15, 0.2) is 36.7 Å². The maximum atomic E-state index is 12.2. The molecule has 0 atom stereocenters. The SMILES string of the molecule is COc1cccnc1NC(=O)c1ccnc(N(C)C)c1. The third-order valence-corrected chi connectivity index (χ3v) is 2.69. The van der Waals surface area contributed by atoms with Crippen LogP contribution in [0.2, 0.25) is 0 Å². The summed E-state index contributed by atoms with van der Waals surface area (Å²) in [5.41, 5.74) is 0.511. The highest BCUT2D eigenvalue weighted by atomic mass is 16.5. The zero-order valence-electron chi connectivity index (χ0n) is 11.6. The number of aromatic nitrogens is 2. The van der Waals surface area contributed by atoms with Crippen LogP contribution in [0.4, 0.5) is 11.6 Å². The number of nitrogens with one attached hydrogen (secondary N) is 1. The molecule has 0 spiro atoms. The third-order valence-electron chi connectivity index (χ3n) is 2.69. The molecule has 0 saturated carbocycles. The van der Waals surface area contributed by atoms with Gasteiger partial charge in [0.2, 0.25) is 0 Å². The monoisotopic (exact) mass is 272 g/mol. The van der Waals surface area contributed by atoms with Crippen molar-refractivity contribution in [3.8, 4) is 5.75 Å². The smallest absolute Gasteiger partial charge is 0.257 e. The summed E-state index contributed by atoms with van der Waals surface area (Å²) in [6.45, 7) is 0. The molecule has 0 aliphatic rings. The van der Waals surface area contributed by atoms with Crippen LogP contribution < -0.4 is 15.0 Å². The number of rotatable bonds is 4. The van der Waals surface area contributed by atoms with Crippen LogP contribution in [0.3, 0.4) is 0 Å². The van der Waals surface area contributed by atoms with Gasteiger partial charge in [-0.25, -0.2) is 9.97 Å². The maximum absolute atomic E-state index is 12.2. The Labute approximate surface area is 117 Å². The first-order chi connectivity index (χ1) is 9.61. The van der Waals surface area contributed by atoms with Crippen LogP contribution in [0.5, 0.6) is 5.75 Å². The fourth-order valence-electron chi connectivity index (χ4n) is 1.63. The molecular weight excluding hydrogens is 256 g/mol. The Balaban J connectivity index is 2.22. The summed E-state index contributed by atoms with van der Waals surface area (Å²) in [5, 5.41) is 2.72. The maximum Gasteiger partial charge on any atom is 0.257 e. The van der Waals surface area contributed by atoms with Crippen molar-refractivity contribution in [2.75, 3.05) is 31.4 Å². The van der Waals surface area contributed by atoms with Gasteiger partial charge in [0, 0.05) is 32.1 Å². The van der Waals surface area contributed by atoms with Crippen LogP contribution in [-0.4, -0.2) is 37.1 Å². The highest BCUT2D eigenvalue weighted by Gasteiger charge is 2.11. The topological polar surface area (TPSA) is 67.3 Å². The fraction of sp³-hybridized carbons (Fsp3) is 0.214. The highest BCUT2D eigenvalue weighted by Crippen LogP contribution is 2.21. The predicted molar refractivity (Wildman–Crippen MR) is 77.3 cm³/mol. The number of anilines is 2. The van der Waals surface area contributed by atoms with Gasteiger partial charge in [-0.2, -0.15) is 0 Å². The van der Waals surface area contributed by atoms with Gasteiger partial charge in [0.25, 0.3) is 5.91 Å². The van der Waals surface area contributed by atoms with Crippen molar-refractivity contribution in [1.29, 1.82) is 0 Å². The molecule has 2 aromatic heterocycles. The molecule has 0 saturated heterocycles. The third kappa shape index (κ3) is 3.03. The molecule has 104 valence electrons. The molecule has 1 amide bonds. The lowest BCUT2D eigenvalue weighted by Crippen LogP contribution is -2.16. The summed E-state index contributed by atoms with van der Waals surface area (Å²) < 4.78 is 5.15. The van der Waals surface area contributed by atoms with Crippen molar-refractivity contribution in [2.24, 2.45) is 0 Å². The molecule has 0 fully saturated rings. The van der Waals surface area contributed by atoms with Crippen LogP contribution in [0.1, 0.15) is 10.4 Å². The normalized spacial score (nSPS) is 9.95. The van der Waals surface area contributed by atoms with E-state index >= 15 is 0 Å². The molecule has 6 heteroatoms. The van der Waals surface area contributed by atoms with E-state index in [9.17, 15) is 4.79 Å². The first-order valence-electron chi connectivity index (χ1n) is 6.05. The van der Waals surface area contributed by atoms with E-state index < -0.39 is 0 Å². The first-order valence-corrected chi connectivity index (χ1v) is 6.05. The van der Waals surface area contributed by atoms with Gasteiger partial charge in [-0.3, -0.25) is 4.79 Å². The van der Waals surface area contributed by atoms with Gasteiger partial charge in [-0.15, -0.1) is 0 Å². The number of hydrogen-bond donors (Lipinski definition) is 1. The van der Waals surface area contributed by atoms with Gasteiger partial charge >= 0.3 is 0 Å². The number of methoxy groups -OCH3 is 1. The molecule has 2 rings (SSSR count). The summed E-state index contributed by atoms with van der Waals surface area (Å²) in [6, 6.07) is 6.84. The summed E-state index contributed by atoms with van der Waals surface area (Å²) in [7, 11) is 5.26. The lowest BCUT2D eigenvalue weighted by atomic mass is 10.2. The van der Waals surface area contributed by atoms with Crippen molar-refractivity contribution in [2.45, 2.75) is 0 Å². The Kier molecular flexibility index (Phi) is 4.14. The Bertz CT molecular complexity index is 614. The number of amides is 1. The number of hydrogen-bond acceptors (Lipinski definition) is 5. The van der Waals surface area contributed by atoms with Crippen LogP contribution >= 0.6 is 0 Å². The zero-order chi connectivity index (χ0) is 14.5. The summed E-state index contributed by atoms with van der Waals surface area (Å²) in [4.78, 5) is 22.3. The minimum absolute atomic E-state index is 0.257. The van der Waals surface area contributed by atoms with Gasteiger partial charge in [0.05, 0.1) is 7.11 Å². The molecule has 2 heterocycles. The van der Waals surface area contributed by atoms with E-state index in [1.165, 1.54) is 7.11 Å². The van der Waals surface area contributed by atoms with Crippen molar-refractivity contribution < 1.29 is 9.53 Å². The van der Waals surface area contributed by atoms with Gasteiger partial charge < -0.3 is 15.0 Å². The summed E-state index contributed by atoms with van der Waals surface area (Å²) >= 11 is 0. The van der Waals surface area contributed by atoms with Crippen LogP contribution in [0.25, 0.3) is 0 Å². The fourth-order valence-corrected chi connectivity index (χ4v) is 1.63. The van der Waals surface area contributed by atoms with E-state index in [1.807, 2.05) is 19.0 Å². The molecule has 0 aliphatic carbocycles. The molecule has 20 heavy (non-hydrogen) atoms. The number of pyridine rings is 2.